The molecule has 296 valence electrons. The van der Waals surface area contributed by atoms with Crippen LogP contribution >= 0.6 is 0 Å². The molecule has 0 saturated heterocycles. The van der Waals surface area contributed by atoms with E-state index in [1.807, 2.05) is 97.1 Å². The van der Waals surface area contributed by atoms with Crippen molar-refractivity contribution in [3.63, 3.8) is 0 Å². The summed E-state index contributed by atoms with van der Waals surface area (Å²) in [5.74, 6) is -0.116. The Morgan fingerprint density at radius 2 is 0.938 bits per heavy atom. The van der Waals surface area contributed by atoms with E-state index in [-0.39, 0.29) is 12.0 Å². The van der Waals surface area contributed by atoms with Gasteiger partial charge in [-0.2, -0.15) is 15.8 Å². The van der Waals surface area contributed by atoms with Crippen molar-refractivity contribution in [2.75, 3.05) is 4.90 Å². The van der Waals surface area contributed by atoms with Crippen LogP contribution in [0.5, 0.6) is 0 Å². The first-order chi connectivity index (χ1) is 31.7. The van der Waals surface area contributed by atoms with E-state index in [1.54, 1.807) is 0 Å². The van der Waals surface area contributed by atoms with Gasteiger partial charge in [0.15, 0.2) is 0 Å². The minimum atomic E-state index is -0.345. The maximum absolute atomic E-state index is 12.1. The molecule has 0 N–H and O–H groups in total. The second kappa shape index (κ2) is 13.5. The van der Waals surface area contributed by atoms with E-state index in [0.29, 0.717) is 39.3 Å². The number of fused-ring (bicyclic) bond motifs is 12. The molecular formula is C57H32N6O. The predicted molar refractivity (Wildman–Crippen MR) is 254 cm³/mol. The van der Waals surface area contributed by atoms with Crippen LogP contribution in [0.15, 0.2) is 174 Å². The van der Waals surface area contributed by atoms with Gasteiger partial charge in [0.05, 0.1) is 56.8 Å². The van der Waals surface area contributed by atoms with Crippen molar-refractivity contribution < 1.29 is 4.42 Å². The van der Waals surface area contributed by atoms with Crippen LogP contribution in [-0.2, 0) is 0 Å². The lowest BCUT2D eigenvalue weighted by atomic mass is 9.89. The van der Waals surface area contributed by atoms with E-state index in [2.05, 4.69) is 117 Å². The molecule has 7 heteroatoms. The maximum atomic E-state index is 12.1. The normalized spacial score (nSPS) is 15.0. The third-order valence-electron chi connectivity index (χ3n) is 13.3. The largest absolute Gasteiger partial charge is 0.456 e. The molecule has 2 aliphatic rings. The highest BCUT2D eigenvalue weighted by Gasteiger charge is 2.43. The number of hydrogen-bond acceptors (Lipinski definition) is 5. The van der Waals surface area contributed by atoms with E-state index in [0.717, 1.165) is 82.0 Å². The molecule has 8 aromatic carbocycles. The lowest BCUT2D eigenvalue weighted by Crippen LogP contribution is -2.37. The fourth-order valence-corrected chi connectivity index (χ4v) is 10.8. The van der Waals surface area contributed by atoms with E-state index < -0.39 is 0 Å². The minimum Gasteiger partial charge on any atom is -0.456 e. The Labute approximate surface area is 366 Å². The standard InChI is InChI=1S/C57H32N6O/c58-31-34-25-27-35(28-26-34)54-56(61-46-19-7-1-13-36(46)37-14-2-8-20-47(37)61)44(32-59)55(45(33-60)57(54)62-48-21-9-3-15-38(48)39-16-4-10-22-49(39)62)63-50-23-11-5-17-40(50)42-29-43-41-18-6-12-24-52(41)64-53(43)30-51(42)63/h1-30,42,51H. The molecule has 4 heterocycles. The molecule has 0 fully saturated rings. The molecule has 2 atom stereocenters. The number of anilines is 2. The van der Waals surface area contributed by atoms with Gasteiger partial charge in [0.1, 0.15) is 34.3 Å². The van der Waals surface area contributed by atoms with Crippen molar-refractivity contribution in [2.45, 2.75) is 12.0 Å². The van der Waals surface area contributed by atoms with Crippen molar-refractivity contribution >= 4 is 78.1 Å². The third kappa shape index (κ3) is 4.77. The topological polar surface area (TPSA) is 97.6 Å². The van der Waals surface area contributed by atoms with Crippen LogP contribution in [0.4, 0.5) is 11.4 Å². The Hall–Kier alpha value is -9.09. The molecule has 0 radical (unpaired) electrons. The average Bonchev–Trinajstić information content (AvgIpc) is 4.08. The first kappa shape index (κ1) is 35.6. The van der Waals surface area contributed by atoms with E-state index in [4.69, 9.17) is 4.42 Å². The van der Waals surface area contributed by atoms with Crippen molar-refractivity contribution in [1.82, 2.24) is 9.13 Å². The summed E-state index contributed by atoms with van der Waals surface area (Å²) in [6.45, 7) is 0. The predicted octanol–water partition coefficient (Wildman–Crippen LogP) is 11.8. The van der Waals surface area contributed by atoms with Crippen LogP contribution in [0, 0.1) is 34.0 Å². The highest BCUT2D eigenvalue weighted by molar-refractivity contribution is 6.13. The number of rotatable bonds is 4. The monoisotopic (exact) mass is 816 g/mol. The first-order valence-electron chi connectivity index (χ1n) is 21.3. The second-order valence-corrected chi connectivity index (χ2v) is 16.5. The summed E-state index contributed by atoms with van der Waals surface area (Å²) in [6.07, 6.45) is 4.48. The summed E-state index contributed by atoms with van der Waals surface area (Å²) >= 11 is 0. The minimum absolute atomic E-state index is 0.116. The van der Waals surface area contributed by atoms with Crippen LogP contribution in [0.1, 0.15) is 28.2 Å². The van der Waals surface area contributed by atoms with Gasteiger partial charge < -0.3 is 18.5 Å². The van der Waals surface area contributed by atoms with Gasteiger partial charge in [0.2, 0.25) is 0 Å². The van der Waals surface area contributed by atoms with Gasteiger partial charge in [-0.25, -0.2) is 0 Å². The summed E-state index contributed by atoms with van der Waals surface area (Å²) < 4.78 is 11.0. The summed E-state index contributed by atoms with van der Waals surface area (Å²) in [5.41, 5.74) is 11.7. The van der Waals surface area contributed by atoms with Crippen molar-refractivity contribution in [3.05, 3.63) is 203 Å². The Morgan fingerprint density at radius 1 is 0.453 bits per heavy atom. The van der Waals surface area contributed by atoms with E-state index >= 15 is 0 Å². The molecule has 7 nitrogen and oxygen atoms in total. The molecule has 1 aliphatic heterocycles. The average molecular weight is 817 g/mol. The Kier molecular flexibility index (Phi) is 7.49. The van der Waals surface area contributed by atoms with Gasteiger partial charge in [0.25, 0.3) is 0 Å². The highest BCUT2D eigenvalue weighted by Crippen LogP contribution is 2.54. The second-order valence-electron chi connectivity index (χ2n) is 16.5. The summed E-state index contributed by atoms with van der Waals surface area (Å²) in [5, 5.41) is 40.4. The summed E-state index contributed by atoms with van der Waals surface area (Å²) in [7, 11) is 0. The van der Waals surface area contributed by atoms with Crippen LogP contribution < -0.4 is 15.5 Å². The van der Waals surface area contributed by atoms with Crippen molar-refractivity contribution in [2.24, 2.45) is 0 Å². The smallest absolute Gasteiger partial charge is 0.135 e. The number of aromatic nitrogens is 2. The van der Waals surface area contributed by atoms with Gasteiger partial charge >= 0.3 is 0 Å². The molecular weight excluding hydrogens is 785 g/mol. The fraction of sp³-hybridized carbons (Fsp3) is 0.0351. The third-order valence-corrected chi connectivity index (χ3v) is 13.3. The quantitative estimate of drug-likeness (QED) is 0.176. The number of benzene rings is 8. The van der Waals surface area contributed by atoms with Gasteiger partial charge in [-0.15, -0.1) is 0 Å². The number of nitriles is 3. The van der Waals surface area contributed by atoms with Crippen LogP contribution in [0.25, 0.3) is 89.2 Å². The lowest BCUT2D eigenvalue weighted by Gasteiger charge is -2.33. The first-order valence-corrected chi connectivity index (χ1v) is 21.3. The van der Waals surface area contributed by atoms with E-state index in [1.165, 1.54) is 0 Å². The molecule has 13 rings (SSSR count). The van der Waals surface area contributed by atoms with Crippen LogP contribution in [0.3, 0.4) is 0 Å². The molecule has 0 amide bonds. The Bertz CT molecular complexity index is 3830. The van der Waals surface area contributed by atoms with Gasteiger partial charge in [-0.3, -0.25) is 0 Å². The van der Waals surface area contributed by atoms with E-state index in [9.17, 15) is 15.8 Å². The molecule has 11 aromatic rings. The fourth-order valence-electron chi connectivity index (χ4n) is 10.8. The molecule has 1 aliphatic carbocycles. The number of para-hydroxylation sites is 6. The maximum Gasteiger partial charge on any atom is 0.135 e. The Balaban J connectivity index is 1.27. The summed E-state index contributed by atoms with van der Waals surface area (Å²) in [6, 6.07) is 64.6. The molecule has 0 spiro atoms. The SMILES string of the molecule is N#Cc1ccc(-c2c(-n3c4ccccc4c4ccccc43)c(C#N)c(N3c4ccccc4C4C=c5c(oc6ccccc56)=CC43)c(C#N)c2-n2c3ccccc3c3ccccc32)cc1. The van der Waals surface area contributed by atoms with Gasteiger partial charge in [0, 0.05) is 49.3 Å². The molecule has 2 unspecified atom stereocenters. The number of furan rings is 1. The number of hydrogen-bond donors (Lipinski definition) is 0. The molecule has 64 heavy (non-hydrogen) atoms. The van der Waals surface area contributed by atoms with Crippen molar-refractivity contribution in [1.29, 1.82) is 15.8 Å². The molecule has 0 bridgehead atoms. The molecule has 0 saturated carbocycles. The zero-order valence-electron chi connectivity index (χ0n) is 34.1. The molecule has 3 aromatic heterocycles. The van der Waals surface area contributed by atoms with Crippen LogP contribution in [-0.4, -0.2) is 15.2 Å². The Morgan fingerprint density at radius 3 is 1.47 bits per heavy atom. The zero-order valence-corrected chi connectivity index (χ0v) is 34.1. The van der Waals surface area contributed by atoms with Gasteiger partial charge in [-0.1, -0.05) is 127 Å². The van der Waals surface area contributed by atoms with Crippen molar-refractivity contribution in [3.8, 4) is 40.7 Å². The highest BCUT2D eigenvalue weighted by atomic mass is 16.3. The zero-order chi connectivity index (χ0) is 42.6. The number of nitrogens with zero attached hydrogens (tertiary/aromatic N) is 6. The summed E-state index contributed by atoms with van der Waals surface area (Å²) in [4.78, 5) is 2.22. The lowest BCUT2D eigenvalue weighted by molar-refractivity contribution is 0.567. The van der Waals surface area contributed by atoms with Gasteiger partial charge in [-0.05, 0) is 65.7 Å². The van der Waals surface area contributed by atoms with Crippen LogP contribution in [0.2, 0.25) is 0 Å².